The molecule has 128 valence electrons. The quantitative estimate of drug-likeness (QED) is 0.569. The molecular weight excluding hydrogens is 302 g/mol. The van der Waals surface area contributed by atoms with Gasteiger partial charge in [0.2, 0.25) is 5.91 Å². The minimum atomic E-state index is -1.77. The van der Waals surface area contributed by atoms with Crippen LogP contribution in [0.25, 0.3) is 0 Å². The van der Waals surface area contributed by atoms with E-state index in [1.807, 2.05) is 23.1 Å². The third-order valence-corrected chi connectivity index (χ3v) is 10.0. The average Bonchev–Trinajstić information content (AvgIpc) is 2.48. The van der Waals surface area contributed by atoms with Crippen molar-refractivity contribution >= 4 is 14.2 Å². The number of nitrogens with zero attached hydrogens (tertiary/aromatic N) is 1. The van der Waals surface area contributed by atoms with Gasteiger partial charge in [-0.05, 0) is 30.1 Å². The monoisotopic (exact) mass is 333 g/mol. The number of likely N-dealkylation sites (tertiary alicyclic amines) is 1. The first-order chi connectivity index (χ1) is 10.7. The molecule has 1 heterocycles. The number of rotatable bonds is 6. The van der Waals surface area contributed by atoms with Crippen LogP contribution in [0.4, 0.5) is 0 Å². The number of benzene rings is 1. The van der Waals surface area contributed by atoms with Crippen LogP contribution in [0.3, 0.4) is 0 Å². The lowest BCUT2D eigenvalue weighted by molar-refractivity contribution is -0.160. The molecule has 0 aromatic heterocycles. The standard InChI is InChI=1S/C19H31NO2Si/c1-7-16-17(14-22-23(5,6)19(2,3)4)20(18(16)21)13-15-11-9-8-10-12-15/h8-12,16-17H,7,13-14H2,1-6H3/t16-,17+/m1/s1. The number of hydrogen-bond acceptors (Lipinski definition) is 2. The second-order valence-corrected chi connectivity index (χ2v) is 12.9. The summed E-state index contributed by atoms with van der Waals surface area (Å²) in [6.45, 7) is 14.8. The van der Waals surface area contributed by atoms with E-state index in [2.05, 4.69) is 52.9 Å². The fourth-order valence-corrected chi connectivity index (χ4v) is 3.83. The van der Waals surface area contributed by atoms with E-state index < -0.39 is 8.32 Å². The Morgan fingerprint density at radius 2 is 1.78 bits per heavy atom. The van der Waals surface area contributed by atoms with Crippen molar-refractivity contribution in [3.8, 4) is 0 Å². The van der Waals surface area contributed by atoms with Crippen LogP contribution in [0.1, 0.15) is 39.7 Å². The lowest BCUT2D eigenvalue weighted by Crippen LogP contribution is -2.63. The van der Waals surface area contributed by atoms with E-state index in [9.17, 15) is 4.79 Å². The average molecular weight is 334 g/mol. The van der Waals surface area contributed by atoms with E-state index in [1.165, 1.54) is 5.56 Å². The van der Waals surface area contributed by atoms with Crippen molar-refractivity contribution in [3.05, 3.63) is 35.9 Å². The molecule has 0 unspecified atom stereocenters. The summed E-state index contributed by atoms with van der Waals surface area (Å²) in [6, 6.07) is 10.4. The highest BCUT2D eigenvalue weighted by atomic mass is 28.4. The van der Waals surface area contributed by atoms with Crippen molar-refractivity contribution in [3.63, 3.8) is 0 Å². The van der Waals surface area contributed by atoms with Crippen LogP contribution >= 0.6 is 0 Å². The van der Waals surface area contributed by atoms with Crippen LogP contribution in [0, 0.1) is 5.92 Å². The Labute approximate surface area is 142 Å². The van der Waals surface area contributed by atoms with Gasteiger partial charge in [0.25, 0.3) is 0 Å². The van der Waals surface area contributed by atoms with Crippen molar-refractivity contribution in [1.29, 1.82) is 0 Å². The summed E-state index contributed by atoms with van der Waals surface area (Å²) < 4.78 is 6.39. The zero-order valence-corrected chi connectivity index (χ0v) is 16.4. The number of carbonyl (C=O) groups excluding carboxylic acids is 1. The van der Waals surface area contributed by atoms with Crippen LogP contribution in [0.5, 0.6) is 0 Å². The van der Waals surface area contributed by atoms with Gasteiger partial charge in [0.15, 0.2) is 8.32 Å². The van der Waals surface area contributed by atoms with Crippen molar-refractivity contribution in [2.24, 2.45) is 5.92 Å². The van der Waals surface area contributed by atoms with Crippen LogP contribution < -0.4 is 0 Å². The second-order valence-electron chi connectivity index (χ2n) is 8.11. The number of amides is 1. The summed E-state index contributed by atoms with van der Waals surface area (Å²) in [4.78, 5) is 14.4. The van der Waals surface area contributed by atoms with E-state index in [0.717, 1.165) is 6.42 Å². The maximum Gasteiger partial charge on any atom is 0.228 e. The zero-order valence-electron chi connectivity index (χ0n) is 15.4. The molecule has 1 amide bonds. The molecule has 1 saturated heterocycles. The van der Waals surface area contributed by atoms with Gasteiger partial charge in [0.1, 0.15) is 0 Å². The fraction of sp³-hybridized carbons (Fsp3) is 0.632. The lowest BCUT2D eigenvalue weighted by atomic mass is 9.85. The second kappa shape index (κ2) is 6.77. The highest BCUT2D eigenvalue weighted by Gasteiger charge is 2.47. The molecule has 23 heavy (non-hydrogen) atoms. The Hall–Kier alpha value is -1.13. The first-order valence-corrected chi connectivity index (χ1v) is 11.6. The van der Waals surface area contributed by atoms with Gasteiger partial charge in [-0.2, -0.15) is 0 Å². The summed E-state index contributed by atoms with van der Waals surface area (Å²) in [7, 11) is -1.77. The van der Waals surface area contributed by atoms with E-state index in [1.54, 1.807) is 0 Å². The van der Waals surface area contributed by atoms with Gasteiger partial charge < -0.3 is 9.33 Å². The highest BCUT2D eigenvalue weighted by molar-refractivity contribution is 6.74. The van der Waals surface area contributed by atoms with Crippen LogP contribution in [-0.2, 0) is 15.8 Å². The summed E-state index contributed by atoms with van der Waals surface area (Å²) in [6.07, 6.45) is 0.898. The fourth-order valence-electron chi connectivity index (χ4n) is 2.81. The van der Waals surface area contributed by atoms with Gasteiger partial charge in [-0.25, -0.2) is 0 Å². The lowest BCUT2D eigenvalue weighted by Gasteiger charge is -2.49. The third kappa shape index (κ3) is 3.86. The van der Waals surface area contributed by atoms with E-state index in [0.29, 0.717) is 13.2 Å². The molecule has 1 fully saturated rings. The molecule has 1 aliphatic rings. The molecule has 4 heteroatoms. The normalized spacial score (nSPS) is 22.2. The van der Waals surface area contributed by atoms with Crippen molar-refractivity contribution in [1.82, 2.24) is 4.90 Å². The SMILES string of the molecule is CC[C@H]1C(=O)N(Cc2ccccc2)[C@H]1CO[Si](C)(C)C(C)(C)C. The van der Waals surface area contributed by atoms with E-state index >= 15 is 0 Å². The molecule has 2 atom stereocenters. The predicted molar refractivity (Wildman–Crippen MR) is 97.7 cm³/mol. The molecule has 0 bridgehead atoms. The first kappa shape index (κ1) is 18.2. The van der Waals surface area contributed by atoms with E-state index in [-0.39, 0.29) is 22.9 Å². The molecule has 0 aliphatic carbocycles. The van der Waals surface area contributed by atoms with Crippen molar-refractivity contribution in [2.45, 2.75) is 64.8 Å². The molecule has 0 spiro atoms. The van der Waals surface area contributed by atoms with Gasteiger partial charge in [0, 0.05) is 6.54 Å². The molecule has 3 nitrogen and oxygen atoms in total. The molecule has 0 radical (unpaired) electrons. The van der Waals surface area contributed by atoms with Gasteiger partial charge in [-0.15, -0.1) is 0 Å². The van der Waals surface area contributed by atoms with Crippen LogP contribution in [0.2, 0.25) is 18.1 Å². The van der Waals surface area contributed by atoms with Crippen LogP contribution in [0.15, 0.2) is 30.3 Å². The Morgan fingerprint density at radius 1 is 1.17 bits per heavy atom. The Balaban J connectivity index is 2.03. The molecular formula is C19H31NO2Si. The van der Waals surface area contributed by atoms with E-state index in [4.69, 9.17) is 4.43 Å². The zero-order chi connectivity index (χ0) is 17.3. The minimum Gasteiger partial charge on any atom is -0.415 e. The summed E-state index contributed by atoms with van der Waals surface area (Å²) in [5.41, 5.74) is 1.19. The largest absolute Gasteiger partial charge is 0.415 e. The maximum atomic E-state index is 12.4. The topological polar surface area (TPSA) is 29.5 Å². The molecule has 2 rings (SSSR count). The van der Waals surface area contributed by atoms with Gasteiger partial charge >= 0.3 is 0 Å². The first-order valence-electron chi connectivity index (χ1n) is 8.65. The molecule has 1 aromatic rings. The summed E-state index contributed by atoms with van der Waals surface area (Å²) in [5.74, 6) is 0.406. The van der Waals surface area contributed by atoms with Gasteiger partial charge in [0.05, 0.1) is 18.6 Å². The number of β-lactam (4-membered cyclic amide) rings is 1. The molecule has 0 saturated carbocycles. The predicted octanol–water partition coefficient (Wildman–Crippen LogP) is 4.45. The van der Waals surface area contributed by atoms with Crippen molar-refractivity contribution in [2.75, 3.05) is 6.61 Å². The van der Waals surface area contributed by atoms with Crippen LogP contribution in [-0.4, -0.2) is 31.8 Å². The third-order valence-electron chi connectivity index (χ3n) is 5.52. The molecule has 1 aromatic carbocycles. The van der Waals surface area contributed by atoms with Crippen molar-refractivity contribution < 1.29 is 9.22 Å². The summed E-state index contributed by atoms with van der Waals surface area (Å²) in [5, 5.41) is 0.201. The number of carbonyl (C=O) groups is 1. The minimum absolute atomic E-state index is 0.128. The van der Waals surface area contributed by atoms with Gasteiger partial charge in [-0.3, -0.25) is 4.79 Å². The molecule has 0 N–H and O–H groups in total. The highest BCUT2D eigenvalue weighted by Crippen LogP contribution is 2.38. The smallest absolute Gasteiger partial charge is 0.228 e. The Kier molecular flexibility index (Phi) is 5.36. The summed E-state index contributed by atoms with van der Waals surface area (Å²) >= 11 is 0. The Morgan fingerprint density at radius 3 is 2.30 bits per heavy atom. The number of hydrogen-bond donors (Lipinski definition) is 0. The van der Waals surface area contributed by atoms with Gasteiger partial charge in [-0.1, -0.05) is 58.0 Å². The maximum absolute atomic E-state index is 12.4. The molecule has 1 aliphatic heterocycles. The Bertz CT molecular complexity index is 536.